The van der Waals surface area contributed by atoms with E-state index in [0.29, 0.717) is 5.92 Å². The average Bonchev–Trinajstić information content (AvgIpc) is 3.05. The largest absolute Gasteiger partial charge is 0.465 e. The van der Waals surface area contributed by atoms with Crippen LogP contribution in [0.1, 0.15) is 36.8 Å². The third kappa shape index (κ3) is 5.68. The van der Waals surface area contributed by atoms with Gasteiger partial charge in [-0.2, -0.15) is 0 Å². The van der Waals surface area contributed by atoms with E-state index < -0.39 is 0 Å². The average molecular weight is 359 g/mol. The molecule has 0 spiro atoms. The predicted molar refractivity (Wildman–Crippen MR) is 104 cm³/mol. The summed E-state index contributed by atoms with van der Waals surface area (Å²) in [5, 5.41) is 0. The molecule has 4 heteroatoms. The second kappa shape index (κ2) is 9.33. The van der Waals surface area contributed by atoms with Gasteiger partial charge >= 0.3 is 0 Å². The fraction of sp³-hybridized carbons (Fsp3) is 0.545. The molecule has 0 radical (unpaired) electrons. The lowest BCUT2D eigenvalue weighted by Gasteiger charge is -2.35. The molecule has 1 saturated heterocycles. The molecular weight excluding hydrogens is 327 g/mol. The highest BCUT2D eigenvalue weighted by Gasteiger charge is 2.22. The summed E-state index contributed by atoms with van der Waals surface area (Å²) >= 11 is 0. The Balaban J connectivity index is 1.47. The first-order chi connectivity index (χ1) is 12.6. The standard InChI is InChI=1S/C22H31FN2O/c1-3-24(17-22-10-9-18(2)26-22)15-20-7-5-12-25(16-20)13-11-19-6-4-8-21(23)14-19/h4,6,8-10,14,20H,3,5,7,11-13,15-17H2,1-2H3/t20-/m1/s1. The molecule has 2 aromatic rings. The zero-order valence-electron chi connectivity index (χ0n) is 16.1. The molecule has 0 amide bonds. The maximum absolute atomic E-state index is 13.3. The molecule has 2 heterocycles. The number of piperidine rings is 1. The van der Waals surface area contributed by atoms with Gasteiger partial charge in [0.2, 0.25) is 0 Å². The van der Waals surface area contributed by atoms with E-state index in [0.717, 1.165) is 62.8 Å². The van der Waals surface area contributed by atoms with E-state index in [1.807, 2.05) is 19.1 Å². The zero-order valence-corrected chi connectivity index (χ0v) is 16.1. The van der Waals surface area contributed by atoms with E-state index in [1.54, 1.807) is 12.1 Å². The first-order valence-corrected chi connectivity index (χ1v) is 9.87. The van der Waals surface area contributed by atoms with Crippen molar-refractivity contribution in [1.82, 2.24) is 9.80 Å². The first kappa shape index (κ1) is 19.1. The summed E-state index contributed by atoms with van der Waals surface area (Å²) in [5.41, 5.74) is 1.09. The van der Waals surface area contributed by atoms with Gasteiger partial charge in [0, 0.05) is 19.6 Å². The van der Waals surface area contributed by atoms with Crippen molar-refractivity contribution >= 4 is 0 Å². The van der Waals surface area contributed by atoms with E-state index in [4.69, 9.17) is 4.42 Å². The smallest absolute Gasteiger partial charge is 0.123 e. The highest BCUT2D eigenvalue weighted by Crippen LogP contribution is 2.20. The van der Waals surface area contributed by atoms with Crippen molar-refractivity contribution in [3.05, 3.63) is 59.3 Å². The van der Waals surface area contributed by atoms with E-state index in [2.05, 4.69) is 22.8 Å². The number of halogens is 1. The Bertz CT molecular complexity index is 684. The topological polar surface area (TPSA) is 19.6 Å². The number of furan rings is 1. The van der Waals surface area contributed by atoms with Gasteiger partial charge in [-0.25, -0.2) is 4.39 Å². The molecule has 26 heavy (non-hydrogen) atoms. The highest BCUT2D eigenvalue weighted by atomic mass is 19.1. The number of rotatable bonds is 8. The summed E-state index contributed by atoms with van der Waals surface area (Å²) < 4.78 is 19.1. The van der Waals surface area contributed by atoms with Crippen LogP contribution in [0, 0.1) is 18.7 Å². The van der Waals surface area contributed by atoms with Crippen LogP contribution in [-0.2, 0) is 13.0 Å². The van der Waals surface area contributed by atoms with Gasteiger partial charge in [-0.3, -0.25) is 4.90 Å². The van der Waals surface area contributed by atoms with Gasteiger partial charge in [0.1, 0.15) is 17.3 Å². The highest BCUT2D eigenvalue weighted by molar-refractivity contribution is 5.16. The molecule has 1 aromatic carbocycles. The van der Waals surface area contributed by atoms with Gasteiger partial charge in [0.15, 0.2) is 0 Å². The molecule has 1 aromatic heterocycles. The van der Waals surface area contributed by atoms with Crippen LogP contribution in [0.4, 0.5) is 4.39 Å². The number of aryl methyl sites for hydroxylation is 1. The SMILES string of the molecule is CCN(Cc1ccc(C)o1)C[C@H]1CCCN(CCc2cccc(F)c2)C1. The fourth-order valence-electron chi connectivity index (χ4n) is 3.94. The molecule has 3 nitrogen and oxygen atoms in total. The second-order valence-corrected chi connectivity index (χ2v) is 7.53. The van der Waals surface area contributed by atoms with Crippen LogP contribution in [0.2, 0.25) is 0 Å². The quantitative estimate of drug-likeness (QED) is 0.692. The molecule has 1 atom stereocenters. The Morgan fingerprint density at radius 1 is 1.27 bits per heavy atom. The van der Waals surface area contributed by atoms with Crippen LogP contribution in [-0.4, -0.2) is 42.5 Å². The van der Waals surface area contributed by atoms with Gasteiger partial charge in [0.05, 0.1) is 6.54 Å². The Kier molecular flexibility index (Phi) is 6.86. The second-order valence-electron chi connectivity index (χ2n) is 7.53. The van der Waals surface area contributed by atoms with Gasteiger partial charge < -0.3 is 9.32 Å². The molecule has 0 bridgehead atoms. The molecule has 1 aliphatic rings. The summed E-state index contributed by atoms with van der Waals surface area (Å²) in [6.07, 6.45) is 3.48. The third-order valence-corrected chi connectivity index (χ3v) is 5.35. The summed E-state index contributed by atoms with van der Waals surface area (Å²) in [5.74, 6) is 2.61. The van der Waals surface area contributed by atoms with Crippen molar-refractivity contribution in [3.8, 4) is 0 Å². The molecule has 0 aliphatic carbocycles. The lowest BCUT2D eigenvalue weighted by Crippen LogP contribution is -2.41. The van der Waals surface area contributed by atoms with Gasteiger partial charge in [-0.1, -0.05) is 19.1 Å². The predicted octanol–water partition coefficient (Wildman–Crippen LogP) is 4.50. The first-order valence-electron chi connectivity index (χ1n) is 9.87. The van der Waals surface area contributed by atoms with Crippen molar-refractivity contribution in [1.29, 1.82) is 0 Å². The maximum Gasteiger partial charge on any atom is 0.123 e. The Labute approximate surface area is 156 Å². The molecular formula is C22H31FN2O. The molecule has 1 fully saturated rings. The van der Waals surface area contributed by atoms with Crippen LogP contribution in [0.15, 0.2) is 40.8 Å². The molecule has 3 rings (SSSR count). The van der Waals surface area contributed by atoms with Crippen molar-refractivity contribution in [2.75, 3.05) is 32.7 Å². The lowest BCUT2D eigenvalue weighted by atomic mass is 9.97. The Morgan fingerprint density at radius 3 is 2.88 bits per heavy atom. The minimum atomic E-state index is -0.134. The van der Waals surface area contributed by atoms with E-state index >= 15 is 0 Å². The number of benzene rings is 1. The van der Waals surface area contributed by atoms with Crippen molar-refractivity contribution in [2.45, 2.75) is 39.7 Å². The Hall–Kier alpha value is -1.65. The van der Waals surface area contributed by atoms with Crippen LogP contribution in [0.5, 0.6) is 0 Å². The van der Waals surface area contributed by atoms with E-state index in [9.17, 15) is 4.39 Å². The van der Waals surface area contributed by atoms with Crippen molar-refractivity contribution in [3.63, 3.8) is 0 Å². The number of hydrogen-bond donors (Lipinski definition) is 0. The maximum atomic E-state index is 13.3. The number of hydrogen-bond acceptors (Lipinski definition) is 3. The van der Waals surface area contributed by atoms with Crippen LogP contribution >= 0.6 is 0 Å². The number of nitrogens with zero attached hydrogens (tertiary/aromatic N) is 2. The van der Waals surface area contributed by atoms with Crippen molar-refractivity contribution in [2.24, 2.45) is 5.92 Å². The zero-order chi connectivity index (χ0) is 18.4. The fourth-order valence-corrected chi connectivity index (χ4v) is 3.94. The van der Waals surface area contributed by atoms with Crippen LogP contribution in [0.3, 0.4) is 0 Å². The molecule has 0 saturated carbocycles. The van der Waals surface area contributed by atoms with E-state index in [1.165, 1.54) is 18.9 Å². The normalized spacial score (nSPS) is 18.5. The van der Waals surface area contributed by atoms with Gasteiger partial charge in [-0.15, -0.1) is 0 Å². The molecule has 1 aliphatic heterocycles. The molecule has 142 valence electrons. The van der Waals surface area contributed by atoms with Gasteiger partial charge in [-0.05, 0) is 75.0 Å². The summed E-state index contributed by atoms with van der Waals surface area (Å²) in [6, 6.07) is 11.1. The summed E-state index contributed by atoms with van der Waals surface area (Å²) in [4.78, 5) is 5.03. The monoisotopic (exact) mass is 358 g/mol. The van der Waals surface area contributed by atoms with Crippen LogP contribution < -0.4 is 0 Å². The summed E-state index contributed by atoms with van der Waals surface area (Å²) in [7, 11) is 0. The minimum absolute atomic E-state index is 0.134. The Morgan fingerprint density at radius 2 is 2.15 bits per heavy atom. The molecule has 0 unspecified atom stereocenters. The molecule has 0 N–H and O–H groups in total. The van der Waals surface area contributed by atoms with Crippen LogP contribution in [0.25, 0.3) is 0 Å². The van der Waals surface area contributed by atoms with Crippen molar-refractivity contribution < 1.29 is 8.81 Å². The third-order valence-electron chi connectivity index (χ3n) is 5.35. The lowest BCUT2D eigenvalue weighted by molar-refractivity contribution is 0.129. The van der Waals surface area contributed by atoms with E-state index in [-0.39, 0.29) is 5.82 Å². The number of likely N-dealkylation sites (tertiary alicyclic amines) is 1. The summed E-state index contributed by atoms with van der Waals surface area (Å²) in [6.45, 7) is 10.6. The van der Waals surface area contributed by atoms with Gasteiger partial charge in [0.25, 0.3) is 0 Å². The minimum Gasteiger partial charge on any atom is -0.465 e.